The normalized spacial score (nSPS) is 10.2. The number of esters is 1. The van der Waals surface area contributed by atoms with Gasteiger partial charge in [-0.05, 0) is 54.1 Å². The second kappa shape index (κ2) is 11.4. The molecule has 0 radical (unpaired) electrons. The van der Waals surface area contributed by atoms with Gasteiger partial charge in [-0.1, -0.05) is 24.3 Å². The van der Waals surface area contributed by atoms with Gasteiger partial charge in [0, 0.05) is 12.2 Å². The number of para-hydroxylation sites is 1. The number of hydrogen-bond acceptors (Lipinski definition) is 5. The molecule has 8 heteroatoms. The lowest BCUT2D eigenvalue weighted by atomic mass is 10.2. The first-order valence-electron chi connectivity index (χ1n) is 10.0. The van der Waals surface area contributed by atoms with Gasteiger partial charge < -0.3 is 14.4 Å². The van der Waals surface area contributed by atoms with Crippen molar-refractivity contribution in [2.45, 2.75) is 13.0 Å². The molecular formula is C25H20F2N2O4. The highest BCUT2D eigenvalue weighted by Gasteiger charge is 2.20. The van der Waals surface area contributed by atoms with Gasteiger partial charge in [0.1, 0.15) is 29.6 Å². The average molecular weight is 450 g/mol. The molecule has 0 aromatic heterocycles. The lowest BCUT2D eigenvalue weighted by Gasteiger charge is -2.21. The second-order valence-electron chi connectivity index (χ2n) is 6.92. The number of rotatable bonds is 9. The number of ether oxygens (including phenoxy) is 2. The van der Waals surface area contributed by atoms with Gasteiger partial charge in [-0.2, -0.15) is 5.26 Å². The maximum Gasteiger partial charge on any atom is 0.342 e. The zero-order valence-electron chi connectivity index (χ0n) is 17.5. The van der Waals surface area contributed by atoms with Gasteiger partial charge in [-0.3, -0.25) is 4.79 Å². The standard InChI is InChI=1S/C25H20F2N2O4/c26-19-8-6-18(7-9-19)16-32-23-5-2-1-4-22(23)25(31)33-17-24(30)29(15-3-14-28)21-12-10-20(27)11-13-21/h1-2,4-13H,3,15-17H2. The summed E-state index contributed by atoms with van der Waals surface area (Å²) in [5.41, 5.74) is 1.22. The Hall–Kier alpha value is -4.25. The first-order chi connectivity index (χ1) is 16.0. The van der Waals surface area contributed by atoms with E-state index in [1.807, 2.05) is 6.07 Å². The molecule has 0 aliphatic heterocycles. The lowest BCUT2D eigenvalue weighted by molar-refractivity contribution is -0.121. The molecule has 0 N–H and O–H groups in total. The number of amides is 1. The minimum Gasteiger partial charge on any atom is -0.488 e. The van der Waals surface area contributed by atoms with Crippen LogP contribution in [-0.2, 0) is 16.1 Å². The number of hydrogen-bond donors (Lipinski definition) is 0. The fourth-order valence-corrected chi connectivity index (χ4v) is 2.97. The molecule has 0 atom stereocenters. The van der Waals surface area contributed by atoms with Gasteiger partial charge in [0.25, 0.3) is 5.91 Å². The molecule has 6 nitrogen and oxygen atoms in total. The number of halogens is 2. The number of nitrogens with zero attached hydrogens (tertiary/aromatic N) is 2. The van der Waals surface area contributed by atoms with E-state index in [0.717, 1.165) is 0 Å². The highest BCUT2D eigenvalue weighted by molar-refractivity contribution is 5.98. The van der Waals surface area contributed by atoms with E-state index in [9.17, 15) is 18.4 Å². The third kappa shape index (κ3) is 6.61. The summed E-state index contributed by atoms with van der Waals surface area (Å²) >= 11 is 0. The van der Waals surface area contributed by atoms with Gasteiger partial charge in [-0.25, -0.2) is 13.6 Å². The summed E-state index contributed by atoms with van der Waals surface area (Å²) in [6, 6.07) is 19.3. The Kier molecular flexibility index (Phi) is 8.08. The van der Waals surface area contributed by atoms with E-state index in [0.29, 0.717) is 11.3 Å². The van der Waals surface area contributed by atoms with Crippen molar-refractivity contribution in [2.24, 2.45) is 0 Å². The zero-order valence-corrected chi connectivity index (χ0v) is 17.5. The van der Waals surface area contributed by atoms with Crippen LogP contribution in [0.1, 0.15) is 22.3 Å². The van der Waals surface area contributed by atoms with Crippen LogP contribution in [0.4, 0.5) is 14.5 Å². The summed E-state index contributed by atoms with van der Waals surface area (Å²) in [6.07, 6.45) is 0.0527. The summed E-state index contributed by atoms with van der Waals surface area (Å²) in [6.45, 7) is -0.403. The van der Waals surface area contributed by atoms with Crippen molar-refractivity contribution < 1.29 is 27.8 Å². The quantitative estimate of drug-likeness (QED) is 0.444. The SMILES string of the molecule is N#CCCN(C(=O)COC(=O)c1ccccc1OCc1ccc(F)cc1)c1ccc(F)cc1. The molecule has 3 aromatic carbocycles. The Morgan fingerprint density at radius 3 is 2.21 bits per heavy atom. The van der Waals surface area contributed by atoms with E-state index < -0.39 is 24.3 Å². The minimum atomic E-state index is -0.766. The minimum absolute atomic E-state index is 0.0527. The number of anilines is 1. The molecule has 0 heterocycles. The summed E-state index contributed by atoms with van der Waals surface area (Å²) in [5.74, 6) is -1.90. The Bertz CT molecular complexity index is 1140. The highest BCUT2D eigenvalue weighted by Crippen LogP contribution is 2.21. The van der Waals surface area contributed by atoms with Gasteiger partial charge >= 0.3 is 5.97 Å². The lowest BCUT2D eigenvalue weighted by Crippen LogP contribution is -2.35. The Labute approximate surface area is 189 Å². The van der Waals surface area contributed by atoms with Crippen LogP contribution in [0.25, 0.3) is 0 Å². The Morgan fingerprint density at radius 2 is 1.55 bits per heavy atom. The summed E-state index contributed by atoms with van der Waals surface area (Å²) in [5, 5.41) is 8.87. The molecule has 0 aliphatic rings. The van der Waals surface area contributed by atoms with Crippen LogP contribution in [-0.4, -0.2) is 25.0 Å². The largest absolute Gasteiger partial charge is 0.488 e. The van der Waals surface area contributed by atoms with Crippen LogP contribution in [0.2, 0.25) is 0 Å². The maximum atomic E-state index is 13.2. The van der Waals surface area contributed by atoms with Gasteiger partial charge in [0.2, 0.25) is 0 Å². The molecule has 168 valence electrons. The van der Waals surface area contributed by atoms with Crippen molar-refractivity contribution in [1.82, 2.24) is 0 Å². The zero-order chi connectivity index (χ0) is 23.6. The molecule has 0 aliphatic carbocycles. The number of benzene rings is 3. The second-order valence-corrected chi connectivity index (χ2v) is 6.92. The van der Waals surface area contributed by atoms with Crippen molar-refractivity contribution in [1.29, 1.82) is 5.26 Å². The summed E-state index contributed by atoms with van der Waals surface area (Å²) < 4.78 is 37.1. The van der Waals surface area contributed by atoms with E-state index >= 15 is 0 Å². The molecule has 0 fully saturated rings. The molecule has 1 amide bonds. The van der Waals surface area contributed by atoms with Gasteiger partial charge in [0.05, 0.1) is 12.5 Å². The molecule has 0 unspecified atom stereocenters. The Balaban J connectivity index is 1.65. The van der Waals surface area contributed by atoms with Gasteiger partial charge in [-0.15, -0.1) is 0 Å². The van der Waals surface area contributed by atoms with E-state index in [2.05, 4.69) is 0 Å². The van der Waals surface area contributed by atoms with Crippen LogP contribution in [0.3, 0.4) is 0 Å². The smallest absolute Gasteiger partial charge is 0.342 e. The fourth-order valence-electron chi connectivity index (χ4n) is 2.97. The van der Waals surface area contributed by atoms with E-state index in [4.69, 9.17) is 14.7 Å². The summed E-state index contributed by atoms with van der Waals surface area (Å²) in [4.78, 5) is 26.6. The fraction of sp³-hybridized carbons (Fsp3) is 0.160. The van der Waals surface area contributed by atoms with Crippen molar-refractivity contribution in [3.63, 3.8) is 0 Å². The van der Waals surface area contributed by atoms with Crippen molar-refractivity contribution >= 4 is 17.6 Å². The van der Waals surface area contributed by atoms with E-state index in [-0.39, 0.29) is 36.7 Å². The van der Waals surface area contributed by atoms with Crippen molar-refractivity contribution in [3.05, 3.63) is 95.6 Å². The monoisotopic (exact) mass is 450 g/mol. The Morgan fingerprint density at radius 1 is 0.909 bits per heavy atom. The van der Waals surface area contributed by atoms with Crippen LogP contribution in [0.5, 0.6) is 5.75 Å². The predicted octanol–water partition coefficient (Wildman–Crippen LogP) is 4.65. The predicted molar refractivity (Wildman–Crippen MR) is 116 cm³/mol. The van der Waals surface area contributed by atoms with Gasteiger partial charge in [0.15, 0.2) is 6.61 Å². The van der Waals surface area contributed by atoms with E-state index in [1.165, 1.54) is 47.4 Å². The maximum absolute atomic E-state index is 13.2. The van der Waals surface area contributed by atoms with Crippen LogP contribution in [0, 0.1) is 23.0 Å². The van der Waals surface area contributed by atoms with Crippen molar-refractivity contribution in [3.8, 4) is 11.8 Å². The third-order valence-corrected chi connectivity index (χ3v) is 4.63. The number of carbonyl (C=O) groups is 2. The number of nitriles is 1. The first kappa shape index (κ1) is 23.4. The molecule has 0 saturated carbocycles. The molecule has 33 heavy (non-hydrogen) atoms. The molecule has 3 rings (SSSR count). The highest BCUT2D eigenvalue weighted by atomic mass is 19.1. The van der Waals surface area contributed by atoms with Crippen LogP contribution >= 0.6 is 0 Å². The molecular weight excluding hydrogens is 430 g/mol. The van der Waals surface area contributed by atoms with Crippen LogP contribution in [0.15, 0.2) is 72.8 Å². The molecule has 0 saturated heterocycles. The van der Waals surface area contributed by atoms with E-state index in [1.54, 1.807) is 30.3 Å². The summed E-state index contributed by atoms with van der Waals surface area (Å²) in [7, 11) is 0. The van der Waals surface area contributed by atoms with Crippen LogP contribution < -0.4 is 9.64 Å². The topological polar surface area (TPSA) is 79.6 Å². The molecule has 0 spiro atoms. The average Bonchev–Trinajstić information content (AvgIpc) is 2.83. The van der Waals surface area contributed by atoms with Crippen molar-refractivity contribution in [2.75, 3.05) is 18.1 Å². The first-order valence-corrected chi connectivity index (χ1v) is 10.0. The molecule has 3 aromatic rings. The molecule has 0 bridgehead atoms. The number of carbonyl (C=O) groups excluding carboxylic acids is 2. The third-order valence-electron chi connectivity index (χ3n) is 4.63.